The Kier molecular flexibility index (Phi) is 5.47. The van der Waals surface area contributed by atoms with Gasteiger partial charge < -0.3 is 15.5 Å². The minimum Gasteiger partial charge on any atom is -0.480 e. The number of carbonyl (C=O) groups excluding carboxylic acids is 1. The molecule has 0 aliphatic rings. The van der Waals surface area contributed by atoms with Crippen LogP contribution in [-0.4, -0.2) is 45.9 Å². The molecule has 0 aliphatic heterocycles. The smallest absolute Gasteiger partial charge is 0.328 e. The molecule has 0 bridgehead atoms. The van der Waals surface area contributed by atoms with Gasteiger partial charge in [0, 0.05) is 11.0 Å². The number of carboxylic acid groups (broad SMARTS) is 1. The molecule has 1 rings (SSSR count). The highest BCUT2D eigenvalue weighted by molar-refractivity contribution is 7.98. The maximum atomic E-state index is 11.9. The number of rotatable bonds is 6. The average molecular weight is 300 g/mol. The zero-order valence-electron chi connectivity index (χ0n) is 10.4. The first-order valence-electron chi connectivity index (χ1n) is 5.37. The highest BCUT2D eigenvalue weighted by Crippen LogP contribution is 2.24. The summed E-state index contributed by atoms with van der Waals surface area (Å²) >= 11 is 1.28. The number of hydrogen-bond donors (Lipinski definition) is 3. The minimum absolute atomic E-state index is 0.249. The summed E-state index contributed by atoms with van der Waals surface area (Å²) in [5.74, 6) is -2.35. The number of aliphatic carboxylic acids is 1. The first-order chi connectivity index (χ1) is 9.40. The van der Waals surface area contributed by atoms with E-state index in [4.69, 9.17) is 10.2 Å². The van der Waals surface area contributed by atoms with Crippen LogP contribution in [-0.2, 0) is 4.79 Å². The average Bonchev–Trinajstić information content (AvgIpc) is 2.43. The van der Waals surface area contributed by atoms with Crippen molar-refractivity contribution in [3.8, 4) is 0 Å². The second kappa shape index (κ2) is 6.87. The van der Waals surface area contributed by atoms with Gasteiger partial charge >= 0.3 is 5.97 Å². The van der Waals surface area contributed by atoms with Gasteiger partial charge in [-0.05, 0) is 18.4 Å². The number of hydrogen-bond acceptors (Lipinski definition) is 6. The summed E-state index contributed by atoms with van der Waals surface area (Å²) in [6, 6.07) is 2.45. The molecule has 20 heavy (non-hydrogen) atoms. The fourth-order valence-corrected chi connectivity index (χ4v) is 1.84. The lowest BCUT2D eigenvalue weighted by Gasteiger charge is -2.12. The molecule has 0 aromatic heterocycles. The predicted octanol–water partition coefficient (Wildman–Crippen LogP) is 0.492. The largest absolute Gasteiger partial charge is 0.480 e. The number of nitro groups is 1. The standard InChI is InChI=1S/C11H12N2O6S/c1-20-6-2-3-9(13(18)19)7(4-6)10(15)12-8(5-14)11(16)17/h2-4,8,14H,5H2,1H3,(H,12,15)(H,16,17)/t8-/m0/s1. The van der Waals surface area contributed by atoms with E-state index in [2.05, 4.69) is 0 Å². The quantitative estimate of drug-likeness (QED) is 0.396. The van der Waals surface area contributed by atoms with Crippen molar-refractivity contribution < 1.29 is 24.7 Å². The second-order valence-corrected chi connectivity index (χ2v) is 4.57. The molecule has 0 aliphatic carbocycles. The molecule has 1 aromatic rings. The van der Waals surface area contributed by atoms with Crippen LogP contribution in [0.15, 0.2) is 23.1 Å². The van der Waals surface area contributed by atoms with E-state index in [0.717, 1.165) is 0 Å². The highest BCUT2D eigenvalue weighted by Gasteiger charge is 2.25. The number of benzene rings is 1. The third-order valence-electron chi connectivity index (χ3n) is 2.43. The van der Waals surface area contributed by atoms with Gasteiger partial charge in [0.05, 0.1) is 11.5 Å². The molecule has 108 valence electrons. The summed E-state index contributed by atoms with van der Waals surface area (Å²) in [5, 5.41) is 30.5. The fraction of sp³-hybridized carbons (Fsp3) is 0.273. The van der Waals surface area contributed by atoms with Gasteiger partial charge in [-0.3, -0.25) is 14.9 Å². The second-order valence-electron chi connectivity index (χ2n) is 3.69. The first-order valence-corrected chi connectivity index (χ1v) is 6.60. The van der Waals surface area contributed by atoms with Crippen LogP contribution in [0, 0.1) is 10.1 Å². The van der Waals surface area contributed by atoms with Gasteiger partial charge in [0.15, 0.2) is 6.04 Å². The fourth-order valence-electron chi connectivity index (χ4n) is 1.40. The summed E-state index contributed by atoms with van der Waals surface area (Å²) in [6.45, 7) is -0.808. The van der Waals surface area contributed by atoms with E-state index in [1.807, 2.05) is 5.32 Å². The molecule has 1 atom stereocenters. The number of carboxylic acids is 1. The Morgan fingerprint density at radius 1 is 1.50 bits per heavy atom. The van der Waals surface area contributed by atoms with Gasteiger partial charge in [-0.15, -0.1) is 11.8 Å². The van der Waals surface area contributed by atoms with Crippen LogP contribution in [0.2, 0.25) is 0 Å². The van der Waals surface area contributed by atoms with E-state index in [1.165, 1.54) is 30.0 Å². The van der Waals surface area contributed by atoms with Crippen molar-refractivity contribution >= 4 is 29.3 Å². The highest BCUT2D eigenvalue weighted by atomic mass is 32.2. The molecular formula is C11H12N2O6S. The number of thioether (sulfide) groups is 1. The Morgan fingerprint density at radius 2 is 2.15 bits per heavy atom. The van der Waals surface area contributed by atoms with Crippen LogP contribution in [0.1, 0.15) is 10.4 Å². The predicted molar refractivity (Wildman–Crippen MR) is 70.9 cm³/mol. The molecule has 0 heterocycles. The number of nitrogens with one attached hydrogen (secondary N) is 1. The summed E-state index contributed by atoms with van der Waals surface area (Å²) in [7, 11) is 0. The van der Waals surface area contributed by atoms with Crippen LogP contribution >= 0.6 is 11.8 Å². The lowest BCUT2D eigenvalue weighted by atomic mass is 10.1. The zero-order valence-corrected chi connectivity index (χ0v) is 11.2. The van der Waals surface area contributed by atoms with Crippen molar-refractivity contribution in [2.75, 3.05) is 12.9 Å². The van der Waals surface area contributed by atoms with Crippen LogP contribution < -0.4 is 5.32 Å². The molecule has 0 fully saturated rings. The maximum Gasteiger partial charge on any atom is 0.328 e. The Labute approximate surface area is 117 Å². The third kappa shape index (κ3) is 3.68. The Morgan fingerprint density at radius 3 is 2.60 bits per heavy atom. The van der Waals surface area contributed by atoms with Gasteiger partial charge in [-0.25, -0.2) is 4.79 Å². The van der Waals surface area contributed by atoms with Crippen molar-refractivity contribution in [3.63, 3.8) is 0 Å². The van der Waals surface area contributed by atoms with E-state index < -0.39 is 35.1 Å². The molecule has 0 radical (unpaired) electrons. The minimum atomic E-state index is -1.51. The van der Waals surface area contributed by atoms with Crippen LogP contribution in [0.4, 0.5) is 5.69 Å². The lowest BCUT2D eigenvalue weighted by molar-refractivity contribution is -0.385. The SMILES string of the molecule is CSc1ccc([N+](=O)[O-])c(C(=O)N[C@@H](CO)C(=O)O)c1. The number of amides is 1. The monoisotopic (exact) mass is 300 g/mol. The van der Waals surface area contributed by atoms with E-state index in [1.54, 1.807) is 6.26 Å². The molecule has 8 nitrogen and oxygen atoms in total. The van der Waals surface area contributed by atoms with Crippen molar-refractivity contribution in [2.45, 2.75) is 10.9 Å². The number of aliphatic hydroxyl groups excluding tert-OH is 1. The van der Waals surface area contributed by atoms with Crippen LogP contribution in [0.25, 0.3) is 0 Å². The van der Waals surface area contributed by atoms with Crippen molar-refractivity contribution in [1.29, 1.82) is 0 Å². The number of nitro benzene ring substituents is 1. The molecule has 0 unspecified atom stereocenters. The van der Waals surface area contributed by atoms with Crippen LogP contribution in [0.5, 0.6) is 0 Å². The van der Waals surface area contributed by atoms with E-state index in [9.17, 15) is 19.7 Å². The normalized spacial score (nSPS) is 11.7. The Bertz CT molecular complexity index is 548. The van der Waals surface area contributed by atoms with Gasteiger partial charge in [0.25, 0.3) is 11.6 Å². The molecule has 1 amide bonds. The first kappa shape index (κ1) is 15.9. The number of carbonyl (C=O) groups is 2. The Hall–Kier alpha value is -2.13. The van der Waals surface area contributed by atoms with Gasteiger partial charge in [-0.2, -0.15) is 0 Å². The summed E-state index contributed by atoms with van der Waals surface area (Å²) in [4.78, 5) is 33.4. The van der Waals surface area contributed by atoms with Crippen molar-refractivity contribution in [1.82, 2.24) is 5.32 Å². The maximum absolute atomic E-state index is 11.9. The molecule has 9 heteroatoms. The van der Waals surface area contributed by atoms with Crippen LogP contribution in [0.3, 0.4) is 0 Å². The molecule has 0 saturated carbocycles. The molecule has 0 spiro atoms. The van der Waals surface area contributed by atoms with E-state index in [0.29, 0.717) is 4.90 Å². The lowest BCUT2D eigenvalue weighted by Crippen LogP contribution is -2.43. The van der Waals surface area contributed by atoms with Crippen molar-refractivity contribution in [2.24, 2.45) is 0 Å². The molecule has 0 saturated heterocycles. The van der Waals surface area contributed by atoms with Gasteiger partial charge in [0.1, 0.15) is 5.56 Å². The van der Waals surface area contributed by atoms with Gasteiger partial charge in [0.2, 0.25) is 0 Å². The number of aliphatic hydroxyl groups is 1. The van der Waals surface area contributed by atoms with Gasteiger partial charge in [-0.1, -0.05) is 0 Å². The topological polar surface area (TPSA) is 130 Å². The molecule has 3 N–H and O–H groups in total. The molecular weight excluding hydrogens is 288 g/mol. The van der Waals surface area contributed by atoms with E-state index >= 15 is 0 Å². The van der Waals surface area contributed by atoms with Crippen molar-refractivity contribution in [3.05, 3.63) is 33.9 Å². The third-order valence-corrected chi connectivity index (χ3v) is 3.16. The summed E-state index contributed by atoms with van der Waals surface area (Å²) < 4.78 is 0. The molecule has 1 aromatic carbocycles. The summed E-state index contributed by atoms with van der Waals surface area (Å²) in [6.07, 6.45) is 1.73. The number of nitrogens with zero attached hydrogens (tertiary/aromatic N) is 1. The van der Waals surface area contributed by atoms with E-state index in [-0.39, 0.29) is 5.56 Å². The zero-order chi connectivity index (χ0) is 15.3. The summed E-state index contributed by atoms with van der Waals surface area (Å²) in [5.41, 5.74) is -0.677. The Balaban J connectivity index is 3.12.